The molecule has 2 rings (SSSR count). The fraction of sp³-hybridized carbons (Fsp3) is 0.500. The number of hydrogen-bond acceptors (Lipinski definition) is 5. The number of likely N-dealkylation sites (N-methyl/N-ethyl adjacent to an activating group) is 1. The molecule has 0 radical (unpaired) electrons. The standard InChI is InChI=1S/C12H16N2O4S2/c1-14(9-4-6-20(17,18)8-9)11(15)7-13-12(16)10-3-2-5-19-10/h2-3,5,9H,4,6-8H2,1H3,(H,13,16). The van der Waals surface area contributed by atoms with Crippen molar-refractivity contribution in [3.8, 4) is 0 Å². The van der Waals surface area contributed by atoms with E-state index in [4.69, 9.17) is 0 Å². The molecule has 1 aromatic heterocycles. The van der Waals surface area contributed by atoms with Crippen LogP contribution in [-0.4, -0.2) is 56.3 Å². The van der Waals surface area contributed by atoms with Crippen molar-refractivity contribution in [3.63, 3.8) is 0 Å². The zero-order valence-electron chi connectivity index (χ0n) is 11.0. The fourth-order valence-corrected chi connectivity index (χ4v) is 4.47. The van der Waals surface area contributed by atoms with Crippen molar-refractivity contribution in [2.75, 3.05) is 25.1 Å². The lowest BCUT2D eigenvalue weighted by molar-refractivity contribution is -0.130. The van der Waals surface area contributed by atoms with E-state index in [9.17, 15) is 18.0 Å². The first-order chi connectivity index (χ1) is 9.39. The number of sulfone groups is 1. The summed E-state index contributed by atoms with van der Waals surface area (Å²) in [6, 6.07) is 3.15. The number of carbonyl (C=O) groups excluding carboxylic acids is 2. The minimum Gasteiger partial charge on any atom is -0.342 e. The van der Waals surface area contributed by atoms with Gasteiger partial charge in [0.25, 0.3) is 5.91 Å². The molecule has 0 aromatic carbocycles. The smallest absolute Gasteiger partial charge is 0.261 e. The summed E-state index contributed by atoms with van der Waals surface area (Å²) < 4.78 is 22.8. The predicted octanol–water partition coefficient (Wildman–Crippen LogP) is 0.123. The third-order valence-corrected chi connectivity index (χ3v) is 5.91. The molecule has 1 N–H and O–H groups in total. The van der Waals surface area contributed by atoms with E-state index >= 15 is 0 Å². The molecule has 1 unspecified atom stereocenters. The van der Waals surface area contributed by atoms with E-state index < -0.39 is 9.84 Å². The lowest BCUT2D eigenvalue weighted by atomic mass is 10.2. The fourth-order valence-electron chi connectivity index (χ4n) is 2.06. The van der Waals surface area contributed by atoms with Crippen molar-refractivity contribution in [2.45, 2.75) is 12.5 Å². The zero-order chi connectivity index (χ0) is 14.8. The van der Waals surface area contributed by atoms with Crippen molar-refractivity contribution in [2.24, 2.45) is 0 Å². The zero-order valence-corrected chi connectivity index (χ0v) is 12.7. The molecule has 1 aromatic rings. The van der Waals surface area contributed by atoms with Gasteiger partial charge in [0, 0.05) is 13.1 Å². The third-order valence-electron chi connectivity index (χ3n) is 3.29. The van der Waals surface area contributed by atoms with Crippen LogP contribution in [0.1, 0.15) is 16.1 Å². The van der Waals surface area contributed by atoms with Gasteiger partial charge in [0.2, 0.25) is 5.91 Å². The Morgan fingerprint density at radius 1 is 1.50 bits per heavy atom. The van der Waals surface area contributed by atoms with E-state index in [1.165, 1.54) is 16.2 Å². The molecule has 2 amide bonds. The molecule has 0 aliphatic carbocycles. The number of rotatable bonds is 4. The maximum Gasteiger partial charge on any atom is 0.261 e. The van der Waals surface area contributed by atoms with Crippen molar-refractivity contribution in [3.05, 3.63) is 22.4 Å². The second-order valence-corrected chi connectivity index (χ2v) is 7.90. The Bertz CT molecular complexity index is 595. The molecule has 1 saturated heterocycles. The Morgan fingerprint density at radius 3 is 2.80 bits per heavy atom. The highest BCUT2D eigenvalue weighted by Gasteiger charge is 2.32. The van der Waals surface area contributed by atoms with Gasteiger partial charge in [-0.25, -0.2) is 8.42 Å². The number of hydrogen-bond donors (Lipinski definition) is 1. The predicted molar refractivity (Wildman–Crippen MR) is 76.5 cm³/mol. The summed E-state index contributed by atoms with van der Waals surface area (Å²) in [6.45, 7) is -0.121. The minimum absolute atomic E-state index is 0.00805. The SMILES string of the molecule is CN(C(=O)CNC(=O)c1cccs1)C1CCS(=O)(=O)C1. The molecule has 0 spiro atoms. The van der Waals surface area contributed by atoms with Gasteiger partial charge in [-0.1, -0.05) is 6.07 Å². The van der Waals surface area contributed by atoms with Gasteiger partial charge >= 0.3 is 0 Å². The topological polar surface area (TPSA) is 83.6 Å². The van der Waals surface area contributed by atoms with Gasteiger partial charge in [0.05, 0.1) is 22.9 Å². The van der Waals surface area contributed by atoms with Crippen LogP contribution in [0.15, 0.2) is 17.5 Å². The van der Waals surface area contributed by atoms with Crippen molar-refractivity contribution in [1.82, 2.24) is 10.2 Å². The van der Waals surface area contributed by atoms with Crippen LogP contribution in [0.2, 0.25) is 0 Å². The van der Waals surface area contributed by atoms with Crippen LogP contribution >= 0.6 is 11.3 Å². The summed E-state index contributed by atoms with van der Waals surface area (Å²) in [7, 11) is -1.45. The van der Waals surface area contributed by atoms with Gasteiger partial charge in [-0.05, 0) is 17.9 Å². The van der Waals surface area contributed by atoms with Gasteiger partial charge in [-0.15, -0.1) is 11.3 Å². The van der Waals surface area contributed by atoms with Gasteiger partial charge in [0.15, 0.2) is 9.84 Å². The number of amides is 2. The maximum absolute atomic E-state index is 11.9. The molecular formula is C12H16N2O4S2. The molecule has 1 fully saturated rings. The van der Waals surface area contributed by atoms with Gasteiger partial charge in [0.1, 0.15) is 0 Å². The summed E-state index contributed by atoms with van der Waals surface area (Å²) in [4.78, 5) is 25.6. The monoisotopic (exact) mass is 316 g/mol. The lowest BCUT2D eigenvalue weighted by Crippen LogP contribution is -2.43. The molecule has 1 atom stereocenters. The molecule has 0 bridgehead atoms. The Hall–Kier alpha value is -1.41. The molecule has 1 aliphatic heterocycles. The summed E-state index contributed by atoms with van der Waals surface area (Å²) >= 11 is 1.30. The largest absolute Gasteiger partial charge is 0.342 e. The van der Waals surface area contributed by atoms with Crippen molar-refractivity contribution in [1.29, 1.82) is 0 Å². The lowest BCUT2D eigenvalue weighted by Gasteiger charge is -2.23. The Kier molecular flexibility index (Phi) is 4.44. The average Bonchev–Trinajstić information content (AvgIpc) is 3.03. The van der Waals surface area contributed by atoms with Crippen LogP contribution in [0, 0.1) is 0 Å². The molecule has 20 heavy (non-hydrogen) atoms. The van der Waals surface area contributed by atoms with Crippen LogP contribution in [0.5, 0.6) is 0 Å². The Balaban J connectivity index is 1.84. The van der Waals surface area contributed by atoms with Crippen LogP contribution in [0.4, 0.5) is 0 Å². The molecule has 1 aliphatic rings. The third kappa shape index (κ3) is 3.57. The molecule has 2 heterocycles. The first-order valence-corrected chi connectivity index (χ1v) is 8.87. The first kappa shape index (κ1) is 15.0. The summed E-state index contributed by atoms with van der Waals surface area (Å²) in [5.74, 6) is -0.442. The quantitative estimate of drug-likeness (QED) is 0.855. The summed E-state index contributed by atoms with van der Waals surface area (Å²) in [5.41, 5.74) is 0. The molecule has 6 nitrogen and oxygen atoms in total. The van der Waals surface area contributed by atoms with E-state index in [2.05, 4.69) is 5.32 Å². The molecule has 110 valence electrons. The van der Waals surface area contributed by atoms with E-state index in [0.717, 1.165) is 0 Å². The number of thiophene rings is 1. The normalized spacial score (nSPS) is 20.6. The number of nitrogens with zero attached hydrogens (tertiary/aromatic N) is 1. The summed E-state index contributed by atoms with van der Waals surface area (Å²) in [5, 5.41) is 4.32. The second kappa shape index (κ2) is 5.92. The van der Waals surface area contributed by atoms with Crippen LogP contribution in [0.25, 0.3) is 0 Å². The second-order valence-electron chi connectivity index (χ2n) is 4.72. The number of carbonyl (C=O) groups is 2. The van der Waals surface area contributed by atoms with Crippen LogP contribution in [-0.2, 0) is 14.6 Å². The van der Waals surface area contributed by atoms with Crippen molar-refractivity contribution < 1.29 is 18.0 Å². The molecule has 8 heteroatoms. The highest BCUT2D eigenvalue weighted by molar-refractivity contribution is 7.91. The molecular weight excluding hydrogens is 300 g/mol. The van der Waals surface area contributed by atoms with E-state index in [0.29, 0.717) is 11.3 Å². The van der Waals surface area contributed by atoms with Crippen molar-refractivity contribution >= 4 is 33.0 Å². The first-order valence-electron chi connectivity index (χ1n) is 6.17. The Labute approximate surface area is 121 Å². The number of nitrogens with one attached hydrogen (secondary N) is 1. The highest BCUT2D eigenvalue weighted by Crippen LogP contribution is 2.16. The Morgan fingerprint density at radius 2 is 2.25 bits per heavy atom. The van der Waals surface area contributed by atoms with E-state index in [-0.39, 0.29) is 35.9 Å². The minimum atomic E-state index is -3.02. The van der Waals surface area contributed by atoms with Gasteiger partial charge in [-0.2, -0.15) is 0 Å². The van der Waals surface area contributed by atoms with Gasteiger partial charge < -0.3 is 10.2 Å². The van der Waals surface area contributed by atoms with Crippen LogP contribution < -0.4 is 5.32 Å². The average molecular weight is 316 g/mol. The van der Waals surface area contributed by atoms with E-state index in [1.54, 1.807) is 24.6 Å². The van der Waals surface area contributed by atoms with Gasteiger partial charge in [-0.3, -0.25) is 9.59 Å². The highest BCUT2D eigenvalue weighted by atomic mass is 32.2. The summed E-state index contributed by atoms with van der Waals surface area (Å²) in [6.07, 6.45) is 0.462. The van der Waals surface area contributed by atoms with Crippen LogP contribution in [0.3, 0.4) is 0 Å². The van der Waals surface area contributed by atoms with E-state index in [1.807, 2.05) is 0 Å². The maximum atomic E-state index is 11.9. The molecule has 0 saturated carbocycles.